The number of hydrogen-bond acceptors (Lipinski definition) is 2. The van der Waals surface area contributed by atoms with Crippen LogP contribution in [0.25, 0.3) is 0 Å². The van der Waals surface area contributed by atoms with Crippen LogP contribution >= 0.6 is 0 Å². The molecule has 2 nitrogen and oxygen atoms in total. The van der Waals surface area contributed by atoms with E-state index in [1.165, 1.54) is 45.3 Å². The number of unbranched alkanes of at least 4 members (excludes halogenated alkanes) is 1. The Kier molecular flexibility index (Phi) is 5.49. The number of likely N-dealkylation sites (tertiary alicyclic amines) is 1. The molecule has 0 bridgehead atoms. The maximum atomic E-state index is 3.46. The number of rotatable bonds is 6. The van der Waals surface area contributed by atoms with E-state index in [-0.39, 0.29) is 0 Å². The molecular formula is C12H26N2. The molecule has 14 heavy (non-hydrogen) atoms. The minimum atomic E-state index is 0.640. The van der Waals surface area contributed by atoms with Gasteiger partial charge in [-0.15, -0.1) is 0 Å². The van der Waals surface area contributed by atoms with Crippen LogP contribution in [0, 0.1) is 0 Å². The third-order valence-electron chi connectivity index (χ3n) is 3.12. The van der Waals surface area contributed by atoms with E-state index in [1.807, 2.05) is 0 Å². The van der Waals surface area contributed by atoms with Crippen LogP contribution < -0.4 is 5.32 Å². The average molecular weight is 198 g/mol. The van der Waals surface area contributed by atoms with Crippen LogP contribution in [0.3, 0.4) is 0 Å². The second-order valence-electron chi connectivity index (χ2n) is 4.84. The van der Waals surface area contributed by atoms with Crippen molar-refractivity contribution in [1.29, 1.82) is 0 Å². The average Bonchev–Trinajstić information content (AvgIpc) is 2.51. The van der Waals surface area contributed by atoms with E-state index in [0.717, 1.165) is 6.04 Å². The number of nitrogens with one attached hydrogen (secondary N) is 1. The molecule has 1 atom stereocenters. The molecule has 0 spiro atoms. The summed E-state index contributed by atoms with van der Waals surface area (Å²) < 4.78 is 0. The van der Waals surface area contributed by atoms with Crippen LogP contribution in [-0.2, 0) is 0 Å². The van der Waals surface area contributed by atoms with Gasteiger partial charge in [0.2, 0.25) is 0 Å². The van der Waals surface area contributed by atoms with Gasteiger partial charge in [-0.1, -0.05) is 13.8 Å². The normalized spacial score (nSPS) is 23.6. The van der Waals surface area contributed by atoms with Crippen molar-refractivity contribution in [3.05, 3.63) is 0 Å². The van der Waals surface area contributed by atoms with Crippen molar-refractivity contribution < 1.29 is 0 Å². The van der Waals surface area contributed by atoms with E-state index in [9.17, 15) is 0 Å². The summed E-state index contributed by atoms with van der Waals surface area (Å²) in [5.74, 6) is 0. The van der Waals surface area contributed by atoms with Crippen LogP contribution in [0.5, 0.6) is 0 Å². The zero-order valence-corrected chi connectivity index (χ0v) is 10.1. The Morgan fingerprint density at radius 1 is 1.36 bits per heavy atom. The zero-order chi connectivity index (χ0) is 10.4. The Hall–Kier alpha value is -0.0800. The molecule has 1 N–H and O–H groups in total. The van der Waals surface area contributed by atoms with Gasteiger partial charge in [-0.05, 0) is 52.2 Å². The van der Waals surface area contributed by atoms with Gasteiger partial charge in [0.25, 0.3) is 0 Å². The molecule has 1 aliphatic rings. The molecule has 0 aromatic carbocycles. The largest absolute Gasteiger partial charge is 0.315 e. The van der Waals surface area contributed by atoms with Crippen molar-refractivity contribution in [2.75, 3.05) is 19.6 Å². The molecule has 0 radical (unpaired) electrons. The van der Waals surface area contributed by atoms with Gasteiger partial charge in [0.15, 0.2) is 0 Å². The summed E-state index contributed by atoms with van der Waals surface area (Å²) in [4.78, 5) is 2.63. The predicted molar refractivity (Wildman–Crippen MR) is 62.6 cm³/mol. The fraction of sp³-hybridized carbons (Fsp3) is 1.00. The van der Waals surface area contributed by atoms with Gasteiger partial charge < -0.3 is 10.2 Å². The van der Waals surface area contributed by atoms with Gasteiger partial charge in [-0.3, -0.25) is 0 Å². The molecule has 0 saturated carbocycles. The summed E-state index contributed by atoms with van der Waals surface area (Å²) in [6, 6.07) is 1.48. The van der Waals surface area contributed by atoms with Crippen molar-refractivity contribution >= 4 is 0 Å². The zero-order valence-electron chi connectivity index (χ0n) is 10.1. The van der Waals surface area contributed by atoms with Crippen molar-refractivity contribution in [2.24, 2.45) is 0 Å². The van der Waals surface area contributed by atoms with Crippen LogP contribution in [-0.4, -0.2) is 36.6 Å². The minimum absolute atomic E-state index is 0.640. The summed E-state index contributed by atoms with van der Waals surface area (Å²) in [7, 11) is 0. The highest BCUT2D eigenvalue weighted by atomic mass is 15.2. The molecule has 0 aromatic heterocycles. The van der Waals surface area contributed by atoms with E-state index in [2.05, 4.69) is 31.0 Å². The molecule has 0 amide bonds. The van der Waals surface area contributed by atoms with Gasteiger partial charge >= 0.3 is 0 Å². The standard InChI is InChI=1S/C12H26N2/c1-11(2)13-8-4-5-9-14-10-6-7-12(14)3/h11-13H,4-10H2,1-3H3. The molecule has 2 heteroatoms. The Morgan fingerprint density at radius 2 is 2.14 bits per heavy atom. The lowest BCUT2D eigenvalue weighted by Gasteiger charge is -2.20. The Bertz CT molecular complexity index is 145. The molecule has 1 rings (SSSR count). The van der Waals surface area contributed by atoms with Gasteiger partial charge in [-0.2, -0.15) is 0 Å². The fourth-order valence-corrected chi connectivity index (χ4v) is 2.16. The summed E-state index contributed by atoms with van der Waals surface area (Å²) in [5, 5.41) is 3.46. The molecular weight excluding hydrogens is 172 g/mol. The second kappa shape index (κ2) is 6.41. The lowest BCUT2D eigenvalue weighted by Crippen LogP contribution is -2.29. The first-order valence-electron chi connectivity index (χ1n) is 6.17. The highest BCUT2D eigenvalue weighted by Gasteiger charge is 2.18. The van der Waals surface area contributed by atoms with Gasteiger partial charge in [-0.25, -0.2) is 0 Å². The molecule has 1 fully saturated rings. The minimum Gasteiger partial charge on any atom is -0.315 e. The molecule has 84 valence electrons. The van der Waals surface area contributed by atoms with E-state index in [4.69, 9.17) is 0 Å². The molecule has 1 saturated heterocycles. The first kappa shape index (κ1) is 12.0. The van der Waals surface area contributed by atoms with E-state index < -0.39 is 0 Å². The Balaban J connectivity index is 1.93. The lowest BCUT2D eigenvalue weighted by molar-refractivity contribution is 0.262. The Labute approximate surface area is 89.1 Å². The van der Waals surface area contributed by atoms with Gasteiger partial charge in [0, 0.05) is 12.1 Å². The smallest absolute Gasteiger partial charge is 0.00674 e. The van der Waals surface area contributed by atoms with Crippen LogP contribution in [0.15, 0.2) is 0 Å². The molecule has 0 aliphatic carbocycles. The van der Waals surface area contributed by atoms with Crippen LogP contribution in [0.4, 0.5) is 0 Å². The highest BCUT2D eigenvalue weighted by Crippen LogP contribution is 2.16. The van der Waals surface area contributed by atoms with Gasteiger partial charge in [0.1, 0.15) is 0 Å². The second-order valence-corrected chi connectivity index (χ2v) is 4.84. The number of nitrogens with zero attached hydrogens (tertiary/aromatic N) is 1. The van der Waals surface area contributed by atoms with E-state index >= 15 is 0 Å². The summed E-state index contributed by atoms with van der Waals surface area (Å²) >= 11 is 0. The third-order valence-corrected chi connectivity index (χ3v) is 3.12. The highest BCUT2D eigenvalue weighted by molar-refractivity contribution is 4.74. The topological polar surface area (TPSA) is 15.3 Å². The maximum Gasteiger partial charge on any atom is 0.00674 e. The number of hydrogen-bond donors (Lipinski definition) is 1. The van der Waals surface area contributed by atoms with Crippen molar-refractivity contribution in [3.63, 3.8) is 0 Å². The van der Waals surface area contributed by atoms with Gasteiger partial charge in [0.05, 0.1) is 0 Å². The first-order valence-corrected chi connectivity index (χ1v) is 6.17. The summed E-state index contributed by atoms with van der Waals surface area (Å²) in [5.41, 5.74) is 0. The third kappa shape index (κ3) is 4.43. The maximum absolute atomic E-state index is 3.46. The summed E-state index contributed by atoms with van der Waals surface area (Å²) in [6.07, 6.45) is 5.49. The quantitative estimate of drug-likeness (QED) is 0.659. The summed E-state index contributed by atoms with van der Waals surface area (Å²) in [6.45, 7) is 10.6. The van der Waals surface area contributed by atoms with Crippen molar-refractivity contribution in [2.45, 2.75) is 58.5 Å². The predicted octanol–water partition coefficient (Wildman–Crippen LogP) is 2.25. The van der Waals surface area contributed by atoms with Crippen LogP contribution in [0.2, 0.25) is 0 Å². The molecule has 1 aliphatic heterocycles. The SMILES string of the molecule is CC(C)NCCCCN1CCCC1C. The van der Waals surface area contributed by atoms with E-state index in [1.54, 1.807) is 0 Å². The molecule has 0 aromatic rings. The van der Waals surface area contributed by atoms with Crippen molar-refractivity contribution in [1.82, 2.24) is 10.2 Å². The first-order chi connectivity index (χ1) is 6.70. The van der Waals surface area contributed by atoms with Crippen LogP contribution in [0.1, 0.15) is 46.5 Å². The lowest BCUT2D eigenvalue weighted by atomic mass is 10.2. The molecule has 1 heterocycles. The monoisotopic (exact) mass is 198 g/mol. The Morgan fingerprint density at radius 3 is 2.71 bits per heavy atom. The molecule has 1 unspecified atom stereocenters. The van der Waals surface area contributed by atoms with Crippen molar-refractivity contribution in [3.8, 4) is 0 Å². The fourth-order valence-electron chi connectivity index (χ4n) is 2.16. The van der Waals surface area contributed by atoms with E-state index in [0.29, 0.717) is 6.04 Å².